The van der Waals surface area contributed by atoms with Crippen LogP contribution in [0.5, 0.6) is 0 Å². The summed E-state index contributed by atoms with van der Waals surface area (Å²) in [4.78, 5) is 18.9. The Hall–Kier alpha value is -6.96. The van der Waals surface area contributed by atoms with Crippen LogP contribution in [0.4, 0.5) is 5.69 Å². The average molecular weight is 679 g/mol. The van der Waals surface area contributed by atoms with E-state index in [1.54, 1.807) is 0 Å². The van der Waals surface area contributed by atoms with Gasteiger partial charge in [-0.1, -0.05) is 153 Å². The van der Waals surface area contributed by atoms with Gasteiger partial charge in [0.05, 0.1) is 6.57 Å². The summed E-state index contributed by atoms with van der Waals surface area (Å²) in [6.45, 7) is 12.1. The molecule has 0 saturated heterocycles. The van der Waals surface area contributed by atoms with E-state index >= 15 is 0 Å². The maximum Gasteiger partial charge on any atom is 0.187 e. The van der Waals surface area contributed by atoms with Crippen LogP contribution in [-0.4, -0.2) is 15.0 Å². The lowest BCUT2D eigenvalue weighted by Crippen LogP contribution is -2.14. The minimum absolute atomic E-state index is 0.158. The summed E-state index contributed by atoms with van der Waals surface area (Å²) < 4.78 is 0. The SMILES string of the molecule is [C-]#[N+]c1ccc2c(c1)-c1ccc(-c3ccc(-c4nc(-c5ccccc5)nc(-c5cc(-c6ccccc6)cc(-c6ccccc6)c5)n4)cc3)cc1C2(C)C. The molecule has 4 heteroatoms. The van der Waals surface area contributed by atoms with Crippen molar-refractivity contribution in [2.75, 3.05) is 0 Å². The summed E-state index contributed by atoms with van der Waals surface area (Å²) >= 11 is 0. The highest BCUT2D eigenvalue weighted by atomic mass is 15.0. The summed E-state index contributed by atoms with van der Waals surface area (Å²) in [5.74, 6) is 1.87. The van der Waals surface area contributed by atoms with Gasteiger partial charge in [-0.15, -0.1) is 0 Å². The lowest BCUT2D eigenvalue weighted by atomic mass is 9.81. The molecule has 0 amide bonds. The summed E-state index contributed by atoms with van der Waals surface area (Å²) in [5.41, 5.74) is 14.9. The minimum atomic E-state index is -0.158. The van der Waals surface area contributed by atoms with Crippen molar-refractivity contribution in [3.05, 3.63) is 192 Å². The van der Waals surface area contributed by atoms with E-state index in [0.717, 1.165) is 55.6 Å². The Bertz CT molecular complexity index is 2620. The van der Waals surface area contributed by atoms with Crippen LogP contribution in [-0.2, 0) is 5.41 Å². The highest BCUT2D eigenvalue weighted by Crippen LogP contribution is 2.50. The van der Waals surface area contributed by atoms with E-state index in [-0.39, 0.29) is 5.41 Å². The second kappa shape index (κ2) is 13.0. The van der Waals surface area contributed by atoms with Crippen LogP contribution in [0.1, 0.15) is 25.0 Å². The number of hydrogen-bond donors (Lipinski definition) is 0. The fourth-order valence-electron chi connectivity index (χ4n) is 7.50. The summed E-state index contributed by atoms with van der Waals surface area (Å²) in [5, 5.41) is 0. The van der Waals surface area contributed by atoms with Gasteiger partial charge in [0.2, 0.25) is 0 Å². The van der Waals surface area contributed by atoms with E-state index in [0.29, 0.717) is 23.2 Å². The normalized spacial score (nSPS) is 12.5. The first-order chi connectivity index (χ1) is 25.9. The number of fused-ring (bicyclic) bond motifs is 3. The van der Waals surface area contributed by atoms with Gasteiger partial charge in [-0.2, -0.15) is 0 Å². The van der Waals surface area contributed by atoms with Crippen LogP contribution < -0.4 is 0 Å². The molecule has 250 valence electrons. The highest BCUT2D eigenvalue weighted by Gasteiger charge is 2.35. The van der Waals surface area contributed by atoms with E-state index in [1.165, 1.54) is 16.7 Å². The quantitative estimate of drug-likeness (QED) is 0.164. The van der Waals surface area contributed by atoms with Gasteiger partial charge in [-0.3, -0.25) is 0 Å². The van der Waals surface area contributed by atoms with E-state index in [2.05, 4.69) is 134 Å². The van der Waals surface area contributed by atoms with Crippen molar-refractivity contribution in [3.63, 3.8) is 0 Å². The van der Waals surface area contributed by atoms with Gasteiger partial charge < -0.3 is 0 Å². The third kappa shape index (κ3) is 5.89. The van der Waals surface area contributed by atoms with E-state index in [9.17, 15) is 0 Å². The molecular formula is C49H34N4. The molecule has 0 N–H and O–H groups in total. The van der Waals surface area contributed by atoms with Crippen molar-refractivity contribution in [1.82, 2.24) is 15.0 Å². The number of hydrogen-bond acceptors (Lipinski definition) is 3. The van der Waals surface area contributed by atoms with Gasteiger partial charge in [0.25, 0.3) is 0 Å². The van der Waals surface area contributed by atoms with Crippen LogP contribution >= 0.6 is 0 Å². The van der Waals surface area contributed by atoms with E-state index in [4.69, 9.17) is 21.5 Å². The first-order valence-corrected chi connectivity index (χ1v) is 17.8. The molecule has 0 unspecified atom stereocenters. The average Bonchev–Trinajstić information content (AvgIpc) is 3.46. The van der Waals surface area contributed by atoms with Crippen molar-refractivity contribution >= 4 is 5.69 Å². The van der Waals surface area contributed by atoms with Crippen LogP contribution in [0.3, 0.4) is 0 Å². The monoisotopic (exact) mass is 678 g/mol. The maximum atomic E-state index is 7.52. The van der Waals surface area contributed by atoms with Gasteiger partial charge in [-0.25, -0.2) is 19.8 Å². The van der Waals surface area contributed by atoms with Crippen molar-refractivity contribution in [3.8, 4) is 78.7 Å². The van der Waals surface area contributed by atoms with Gasteiger partial charge >= 0.3 is 0 Å². The molecule has 4 nitrogen and oxygen atoms in total. The second-order valence-corrected chi connectivity index (χ2v) is 14.0. The summed E-state index contributed by atoms with van der Waals surface area (Å²) in [6.07, 6.45) is 0. The Morgan fingerprint density at radius 1 is 0.377 bits per heavy atom. The van der Waals surface area contributed by atoms with Crippen LogP contribution in [0.15, 0.2) is 170 Å². The third-order valence-corrected chi connectivity index (χ3v) is 10.3. The molecule has 1 aliphatic carbocycles. The third-order valence-electron chi connectivity index (χ3n) is 10.3. The molecule has 0 bridgehead atoms. The number of nitrogens with zero attached hydrogens (tertiary/aromatic N) is 4. The van der Waals surface area contributed by atoms with Crippen molar-refractivity contribution < 1.29 is 0 Å². The van der Waals surface area contributed by atoms with E-state index < -0.39 is 0 Å². The first kappa shape index (κ1) is 32.0. The Morgan fingerprint density at radius 3 is 1.40 bits per heavy atom. The molecule has 8 aromatic rings. The molecule has 0 saturated carbocycles. The second-order valence-electron chi connectivity index (χ2n) is 14.0. The molecular weight excluding hydrogens is 645 g/mol. The molecule has 0 spiro atoms. The summed E-state index contributed by atoms with van der Waals surface area (Å²) in [6, 6.07) is 58.9. The molecule has 53 heavy (non-hydrogen) atoms. The minimum Gasteiger partial charge on any atom is -0.238 e. The van der Waals surface area contributed by atoms with Crippen molar-refractivity contribution in [2.24, 2.45) is 0 Å². The Balaban J connectivity index is 1.13. The fraction of sp³-hybridized carbons (Fsp3) is 0.0612. The predicted molar refractivity (Wildman–Crippen MR) is 216 cm³/mol. The number of rotatable bonds is 6. The summed E-state index contributed by atoms with van der Waals surface area (Å²) in [7, 11) is 0. The topological polar surface area (TPSA) is 43.0 Å². The Labute approximate surface area is 310 Å². The van der Waals surface area contributed by atoms with Gasteiger partial charge in [0.15, 0.2) is 23.2 Å². The molecule has 1 heterocycles. The highest BCUT2D eigenvalue weighted by molar-refractivity contribution is 5.86. The van der Waals surface area contributed by atoms with Gasteiger partial charge in [0, 0.05) is 22.1 Å². The lowest BCUT2D eigenvalue weighted by molar-refractivity contribution is 0.660. The Morgan fingerprint density at radius 2 is 0.830 bits per heavy atom. The first-order valence-electron chi connectivity index (χ1n) is 17.8. The standard InChI is InChI=1S/C49H34N4/c1-49(2)44-26-24-41(50-3)31-43(44)42-25-23-37(30-45(42)49)34-19-21-36(22-20-34)47-51-46(35-17-11-6-12-18-35)52-48(53-47)40-28-38(32-13-7-4-8-14-32)27-39(29-40)33-15-9-5-10-16-33/h4-31H,1-2H3. The fourth-order valence-corrected chi connectivity index (χ4v) is 7.50. The zero-order chi connectivity index (χ0) is 35.9. The lowest BCUT2D eigenvalue weighted by Gasteiger charge is -2.22. The molecule has 1 aliphatic rings. The molecule has 1 aromatic heterocycles. The van der Waals surface area contributed by atoms with Crippen LogP contribution in [0, 0.1) is 6.57 Å². The molecule has 0 radical (unpaired) electrons. The molecule has 0 fully saturated rings. The maximum absolute atomic E-state index is 7.52. The van der Waals surface area contributed by atoms with Gasteiger partial charge in [-0.05, 0) is 86.0 Å². The van der Waals surface area contributed by atoms with Crippen molar-refractivity contribution in [2.45, 2.75) is 19.3 Å². The number of aromatic nitrogens is 3. The van der Waals surface area contributed by atoms with Crippen LogP contribution in [0.2, 0.25) is 0 Å². The zero-order valence-corrected chi connectivity index (χ0v) is 29.5. The number of benzene rings is 7. The van der Waals surface area contributed by atoms with Gasteiger partial charge in [0.1, 0.15) is 0 Å². The molecule has 9 rings (SSSR count). The Kier molecular flexibility index (Phi) is 7.83. The zero-order valence-electron chi connectivity index (χ0n) is 29.5. The smallest absolute Gasteiger partial charge is 0.187 e. The van der Waals surface area contributed by atoms with E-state index in [1.807, 2.05) is 54.6 Å². The molecule has 0 atom stereocenters. The van der Waals surface area contributed by atoms with Crippen LogP contribution in [0.25, 0.3) is 83.5 Å². The largest absolute Gasteiger partial charge is 0.238 e. The molecule has 0 aliphatic heterocycles. The predicted octanol–water partition coefficient (Wildman–Crippen LogP) is 12.7. The molecule has 7 aromatic carbocycles. The van der Waals surface area contributed by atoms with Crippen molar-refractivity contribution in [1.29, 1.82) is 0 Å².